The molecule has 0 bridgehead atoms. The second-order valence-electron chi connectivity index (χ2n) is 5.82. The van der Waals surface area contributed by atoms with Crippen LogP contribution in [0.1, 0.15) is 6.92 Å². The molecule has 1 atom stereocenters. The Kier molecular flexibility index (Phi) is 5.87. The molecule has 3 N–H and O–H groups in total. The summed E-state index contributed by atoms with van der Waals surface area (Å²) in [4.78, 5) is 23.1. The molecule has 0 aliphatic rings. The van der Waals surface area contributed by atoms with Crippen molar-refractivity contribution in [2.24, 2.45) is 5.73 Å². The van der Waals surface area contributed by atoms with Crippen LogP contribution in [-0.2, 0) is 9.59 Å². The Bertz CT molecular complexity index is 928. The Hall–Kier alpha value is -3.13. The van der Waals surface area contributed by atoms with Gasteiger partial charge in [0.05, 0.1) is 5.75 Å². The number of rotatable bonds is 7. The highest BCUT2D eigenvalue weighted by Crippen LogP contribution is 2.27. The molecule has 27 heavy (non-hydrogen) atoms. The fourth-order valence-electron chi connectivity index (χ4n) is 2.43. The van der Waals surface area contributed by atoms with Crippen molar-refractivity contribution in [2.45, 2.75) is 18.1 Å². The lowest BCUT2D eigenvalue weighted by atomic mass is 10.2. The van der Waals surface area contributed by atoms with Gasteiger partial charge in [-0.15, -0.1) is 10.2 Å². The number of hydrogen-bond acceptors (Lipinski definition) is 5. The van der Waals surface area contributed by atoms with Gasteiger partial charge in [-0.05, 0) is 19.1 Å². The van der Waals surface area contributed by atoms with Crippen LogP contribution in [-0.4, -0.2) is 38.4 Å². The SMILES string of the molecule is C[C@@H](NC(=O)CSc1nnc(-c2ccccc2)n1-c1ccccc1)C(N)=O. The van der Waals surface area contributed by atoms with Gasteiger partial charge in [0.2, 0.25) is 11.8 Å². The lowest BCUT2D eigenvalue weighted by Crippen LogP contribution is -2.42. The topological polar surface area (TPSA) is 103 Å². The summed E-state index contributed by atoms with van der Waals surface area (Å²) >= 11 is 1.24. The minimum atomic E-state index is -0.718. The predicted molar refractivity (Wildman–Crippen MR) is 104 cm³/mol. The van der Waals surface area contributed by atoms with E-state index in [4.69, 9.17) is 5.73 Å². The second-order valence-corrected chi connectivity index (χ2v) is 6.77. The van der Waals surface area contributed by atoms with Crippen molar-refractivity contribution >= 4 is 23.6 Å². The third kappa shape index (κ3) is 4.53. The van der Waals surface area contributed by atoms with E-state index in [0.29, 0.717) is 11.0 Å². The number of para-hydroxylation sites is 1. The number of primary amides is 1. The molecule has 0 aliphatic carbocycles. The summed E-state index contributed by atoms with van der Waals surface area (Å²) in [5, 5.41) is 11.7. The molecule has 2 amide bonds. The third-order valence-corrected chi connectivity index (χ3v) is 4.75. The molecule has 2 aromatic carbocycles. The molecule has 1 aromatic heterocycles. The second kappa shape index (κ2) is 8.50. The van der Waals surface area contributed by atoms with Crippen LogP contribution in [0.25, 0.3) is 17.1 Å². The van der Waals surface area contributed by atoms with Gasteiger partial charge in [-0.25, -0.2) is 0 Å². The van der Waals surface area contributed by atoms with E-state index in [1.54, 1.807) is 6.92 Å². The van der Waals surface area contributed by atoms with Crippen molar-refractivity contribution in [1.82, 2.24) is 20.1 Å². The first-order valence-electron chi connectivity index (χ1n) is 8.34. The van der Waals surface area contributed by atoms with Crippen molar-refractivity contribution in [2.75, 3.05) is 5.75 Å². The van der Waals surface area contributed by atoms with Crippen LogP contribution in [0.3, 0.4) is 0 Å². The third-order valence-electron chi connectivity index (χ3n) is 3.82. The number of hydrogen-bond donors (Lipinski definition) is 2. The molecule has 0 aliphatic heterocycles. The van der Waals surface area contributed by atoms with Crippen molar-refractivity contribution in [3.63, 3.8) is 0 Å². The largest absolute Gasteiger partial charge is 0.368 e. The minimum Gasteiger partial charge on any atom is -0.368 e. The zero-order valence-electron chi connectivity index (χ0n) is 14.7. The number of nitrogens with zero attached hydrogens (tertiary/aromatic N) is 3. The lowest BCUT2D eigenvalue weighted by molar-refractivity contribution is -0.125. The maximum Gasteiger partial charge on any atom is 0.239 e. The van der Waals surface area contributed by atoms with E-state index in [1.807, 2.05) is 65.2 Å². The summed E-state index contributed by atoms with van der Waals surface area (Å²) < 4.78 is 1.91. The highest BCUT2D eigenvalue weighted by atomic mass is 32.2. The number of nitrogens with two attached hydrogens (primary N) is 1. The van der Waals surface area contributed by atoms with Gasteiger partial charge >= 0.3 is 0 Å². The molecule has 0 saturated heterocycles. The summed E-state index contributed by atoms with van der Waals surface area (Å²) in [5.41, 5.74) is 6.99. The Morgan fingerprint density at radius 3 is 2.33 bits per heavy atom. The molecule has 0 saturated carbocycles. The fraction of sp³-hybridized carbons (Fsp3) is 0.158. The molecule has 3 aromatic rings. The van der Waals surface area contributed by atoms with Crippen molar-refractivity contribution in [1.29, 1.82) is 0 Å². The van der Waals surface area contributed by atoms with Gasteiger partial charge in [0.15, 0.2) is 11.0 Å². The van der Waals surface area contributed by atoms with Gasteiger partial charge in [0.25, 0.3) is 0 Å². The molecule has 1 heterocycles. The number of aromatic nitrogens is 3. The monoisotopic (exact) mass is 381 g/mol. The van der Waals surface area contributed by atoms with Gasteiger partial charge in [0, 0.05) is 11.3 Å². The molecule has 0 spiro atoms. The van der Waals surface area contributed by atoms with Crippen molar-refractivity contribution in [3.05, 3.63) is 60.7 Å². The van der Waals surface area contributed by atoms with Crippen LogP contribution in [0.15, 0.2) is 65.8 Å². The first-order chi connectivity index (χ1) is 13.1. The van der Waals surface area contributed by atoms with E-state index in [9.17, 15) is 9.59 Å². The molecule has 0 unspecified atom stereocenters. The molecule has 7 nitrogen and oxygen atoms in total. The van der Waals surface area contributed by atoms with E-state index >= 15 is 0 Å². The molecule has 0 radical (unpaired) electrons. The van der Waals surface area contributed by atoms with Crippen LogP contribution in [0.5, 0.6) is 0 Å². The Labute approximate surface area is 161 Å². The average Bonchev–Trinajstić information content (AvgIpc) is 3.11. The number of amides is 2. The number of benzene rings is 2. The number of carbonyl (C=O) groups excluding carboxylic acids is 2. The standard InChI is InChI=1S/C19H19N5O2S/c1-13(17(20)26)21-16(25)12-27-19-23-22-18(14-8-4-2-5-9-14)24(19)15-10-6-3-7-11-15/h2-11,13H,12H2,1H3,(H2,20,26)(H,21,25)/t13-/m1/s1. The van der Waals surface area contributed by atoms with Crippen molar-refractivity contribution < 1.29 is 9.59 Å². The molecular weight excluding hydrogens is 362 g/mol. The minimum absolute atomic E-state index is 0.0946. The molecule has 0 fully saturated rings. The normalized spacial score (nSPS) is 11.7. The van der Waals surface area contributed by atoms with Crippen LogP contribution in [0, 0.1) is 0 Å². The summed E-state index contributed by atoms with van der Waals surface area (Å²) in [5.74, 6) is -0.0882. The Morgan fingerprint density at radius 2 is 1.70 bits per heavy atom. The highest BCUT2D eigenvalue weighted by Gasteiger charge is 2.18. The highest BCUT2D eigenvalue weighted by molar-refractivity contribution is 7.99. The number of thioether (sulfide) groups is 1. The van der Waals surface area contributed by atoms with Gasteiger partial charge in [0.1, 0.15) is 6.04 Å². The van der Waals surface area contributed by atoms with Gasteiger partial charge in [-0.2, -0.15) is 0 Å². The lowest BCUT2D eigenvalue weighted by Gasteiger charge is -2.11. The van der Waals surface area contributed by atoms with Gasteiger partial charge in [-0.3, -0.25) is 14.2 Å². The van der Waals surface area contributed by atoms with E-state index < -0.39 is 11.9 Å². The maximum absolute atomic E-state index is 12.1. The van der Waals surface area contributed by atoms with E-state index in [0.717, 1.165) is 11.3 Å². The summed E-state index contributed by atoms with van der Waals surface area (Å²) in [6.45, 7) is 1.55. The van der Waals surface area contributed by atoms with Crippen molar-refractivity contribution in [3.8, 4) is 17.1 Å². The molecule has 8 heteroatoms. The van der Waals surface area contributed by atoms with Crippen LogP contribution in [0.2, 0.25) is 0 Å². The summed E-state index contributed by atoms with van der Waals surface area (Å²) in [7, 11) is 0. The predicted octanol–water partition coefficient (Wildman–Crippen LogP) is 2.02. The van der Waals surface area contributed by atoms with Gasteiger partial charge in [-0.1, -0.05) is 60.3 Å². The smallest absolute Gasteiger partial charge is 0.239 e. The van der Waals surface area contributed by atoms with E-state index in [2.05, 4.69) is 15.5 Å². The van der Waals surface area contributed by atoms with Crippen LogP contribution in [0.4, 0.5) is 0 Å². The first-order valence-corrected chi connectivity index (χ1v) is 9.32. The zero-order chi connectivity index (χ0) is 19.2. The van der Waals surface area contributed by atoms with Crippen LogP contribution >= 0.6 is 11.8 Å². The Balaban J connectivity index is 1.87. The van der Waals surface area contributed by atoms with Crippen LogP contribution < -0.4 is 11.1 Å². The van der Waals surface area contributed by atoms with E-state index in [-0.39, 0.29) is 11.7 Å². The maximum atomic E-state index is 12.1. The fourth-order valence-corrected chi connectivity index (χ4v) is 3.19. The summed E-state index contributed by atoms with van der Waals surface area (Å²) in [6.07, 6.45) is 0. The first kappa shape index (κ1) is 18.7. The van der Waals surface area contributed by atoms with E-state index in [1.165, 1.54) is 11.8 Å². The molecule has 3 rings (SSSR count). The average molecular weight is 381 g/mol. The van der Waals surface area contributed by atoms with Gasteiger partial charge < -0.3 is 11.1 Å². The Morgan fingerprint density at radius 1 is 1.07 bits per heavy atom. The quantitative estimate of drug-likeness (QED) is 0.610. The molecule has 138 valence electrons. The number of carbonyl (C=O) groups is 2. The summed E-state index contributed by atoms with van der Waals surface area (Å²) in [6, 6.07) is 18.7. The zero-order valence-corrected chi connectivity index (χ0v) is 15.5. The molecular formula is C19H19N5O2S. The number of nitrogens with one attached hydrogen (secondary N) is 1.